The van der Waals surface area contributed by atoms with Crippen molar-refractivity contribution in [2.24, 2.45) is 0 Å². The third kappa shape index (κ3) is 6.80. The highest BCUT2D eigenvalue weighted by atomic mass is 35.5. The van der Waals surface area contributed by atoms with Crippen LogP contribution >= 0.6 is 23.2 Å². The zero-order valence-corrected chi connectivity index (χ0v) is 23.0. The van der Waals surface area contributed by atoms with E-state index >= 15 is 0 Å². The highest BCUT2D eigenvalue weighted by Gasteiger charge is 2.40. The largest absolute Gasteiger partial charge is 0.419 e. The number of hydrogen-bond acceptors (Lipinski definition) is 4. The van der Waals surface area contributed by atoms with Crippen molar-refractivity contribution in [1.82, 2.24) is 14.7 Å². The Morgan fingerprint density at radius 3 is 2.32 bits per heavy atom. The Labute approximate surface area is 230 Å². The van der Waals surface area contributed by atoms with Gasteiger partial charge in [0.25, 0.3) is 0 Å². The summed E-state index contributed by atoms with van der Waals surface area (Å²) in [5.74, 6) is -1.44. The van der Waals surface area contributed by atoms with Crippen molar-refractivity contribution < 1.29 is 27.1 Å². The number of morpholine rings is 1. The number of ether oxygens (including phenoxy) is 1. The Hall–Kier alpha value is -1.91. The van der Waals surface area contributed by atoms with E-state index < -0.39 is 17.6 Å². The Bertz CT molecular complexity index is 1160. The van der Waals surface area contributed by atoms with Crippen LogP contribution in [-0.2, 0) is 22.3 Å². The van der Waals surface area contributed by atoms with Crippen molar-refractivity contribution in [3.63, 3.8) is 0 Å². The topological polar surface area (TPSA) is 36.0 Å². The number of carbonyl (C=O) groups excluding carboxylic acids is 1. The standard InChI is InChI=1S/C27H31Cl2F4N3O2/c1-16-10-35(11-17(2)38-16)15-26(37)36-13-20(19-5-7-22(28)23(29)9-19)25(14-36)34(3)12-18-4-6-21(24(30)8-18)27(31,32)33/h4-9,16-17,20,25H,10-15H2,1-3H3/t16?,17?,20-,25+/m1/s1. The van der Waals surface area contributed by atoms with Gasteiger partial charge in [-0.2, -0.15) is 13.2 Å². The van der Waals surface area contributed by atoms with Gasteiger partial charge in [-0.05, 0) is 56.3 Å². The quantitative estimate of drug-likeness (QED) is 0.415. The van der Waals surface area contributed by atoms with Crippen LogP contribution in [0.3, 0.4) is 0 Å². The molecule has 5 nitrogen and oxygen atoms in total. The van der Waals surface area contributed by atoms with Gasteiger partial charge in [-0.15, -0.1) is 0 Å². The first-order valence-electron chi connectivity index (χ1n) is 12.5. The maximum atomic E-state index is 14.2. The van der Waals surface area contributed by atoms with Crippen molar-refractivity contribution in [3.05, 3.63) is 69.0 Å². The Morgan fingerprint density at radius 1 is 1.03 bits per heavy atom. The van der Waals surface area contributed by atoms with Gasteiger partial charge >= 0.3 is 6.18 Å². The van der Waals surface area contributed by atoms with Crippen LogP contribution in [0, 0.1) is 5.82 Å². The summed E-state index contributed by atoms with van der Waals surface area (Å²) in [6.07, 6.45) is -4.68. The first kappa shape index (κ1) is 29.1. The maximum Gasteiger partial charge on any atom is 0.419 e. The predicted octanol–water partition coefficient (Wildman–Crippen LogP) is 5.69. The zero-order chi connectivity index (χ0) is 27.8. The molecule has 0 aromatic heterocycles. The second kappa shape index (κ2) is 11.7. The molecule has 2 saturated heterocycles. The molecular weight excluding hydrogens is 545 g/mol. The molecular formula is C27H31Cl2F4N3O2. The van der Waals surface area contributed by atoms with E-state index in [1.54, 1.807) is 12.1 Å². The summed E-state index contributed by atoms with van der Waals surface area (Å²) in [6.45, 7) is 6.65. The van der Waals surface area contributed by atoms with Gasteiger partial charge in [0, 0.05) is 44.7 Å². The second-order valence-electron chi connectivity index (χ2n) is 10.3. The molecule has 2 fully saturated rings. The molecule has 2 aliphatic heterocycles. The van der Waals surface area contributed by atoms with E-state index in [4.69, 9.17) is 27.9 Å². The number of hydrogen-bond donors (Lipinski definition) is 0. The minimum absolute atomic E-state index is 0.00663. The highest BCUT2D eigenvalue weighted by molar-refractivity contribution is 6.42. The van der Waals surface area contributed by atoms with Crippen LogP contribution in [-0.4, -0.2) is 78.6 Å². The van der Waals surface area contributed by atoms with Crippen LogP contribution in [0.1, 0.15) is 36.5 Å². The molecule has 4 atom stereocenters. The summed E-state index contributed by atoms with van der Waals surface area (Å²) in [6, 6.07) is 8.17. The fraction of sp³-hybridized carbons (Fsp3) is 0.519. The molecule has 0 N–H and O–H groups in total. The molecule has 11 heteroatoms. The monoisotopic (exact) mass is 575 g/mol. The number of amides is 1. The minimum Gasteiger partial charge on any atom is -0.373 e. The van der Waals surface area contributed by atoms with Gasteiger partial charge in [-0.3, -0.25) is 14.6 Å². The smallest absolute Gasteiger partial charge is 0.373 e. The van der Waals surface area contributed by atoms with Gasteiger partial charge in [0.1, 0.15) is 5.82 Å². The lowest BCUT2D eigenvalue weighted by Gasteiger charge is -2.35. The van der Waals surface area contributed by atoms with Crippen molar-refractivity contribution in [2.75, 3.05) is 39.8 Å². The van der Waals surface area contributed by atoms with E-state index in [1.807, 2.05) is 36.8 Å². The van der Waals surface area contributed by atoms with E-state index in [9.17, 15) is 22.4 Å². The number of likely N-dealkylation sites (N-methyl/N-ethyl adjacent to an activating group) is 1. The molecule has 1 amide bonds. The molecule has 208 valence electrons. The van der Waals surface area contributed by atoms with Gasteiger partial charge in [-0.25, -0.2) is 4.39 Å². The van der Waals surface area contributed by atoms with Crippen molar-refractivity contribution in [3.8, 4) is 0 Å². The molecule has 38 heavy (non-hydrogen) atoms. The van der Waals surface area contributed by atoms with E-state index in [2.05, 4.69) is 4.90 Å². The van der Waals surface area contributed by atoms with Crippen LogP contribution in [0.2, 0.25) is 10.0 Å². The lowest BCUT2D eigenvalue weighted by molar-refractivity contribution is -0.140. The number of likely N-dealkylation sites (tertiary alicyclic amines) is 1. The fourth-order valence-electron chi connectivity index (χ4n) is 5.50. The Kier molecular flexibility index (Phi) is 8.94. The number of rotatable bonds is 6. The third-order valence-corrected chi connectivity index (χ3v) is 7.94. The van der Waals surface area contributed by atoms with Crippen LogP contribution in [0.15, 0.2) is 36.4 Å². The molecule has 0 saturated carbocycles. The van der Waals surface area contributed by atoms with Gasteiger partial charge < -0.3 is 9.64 Å². The van der Waals surface area contributed by atoms with Gasteiger partial charge in [-0.1, -0.05) is 35.3 Å². The fourth-order valence-corrected chi connectivity index (χ4v) is 5.81. The Morgan fingerprint density at radius 2 is 1.71 bits per heavy atom. The number of benzene rings is 2. The van der Waals surface area contributed by atoms with Crippen LogP contribution < -0.4 is 0 Å². The highest BCUT2D eigenvalue weighted by Crippen LogP contribution is 2.36. The number of halogens is 6. The van der Waals surface area contributed by atoms with Crippen molar-refractivity contribution in [2.45, 2.75) is 50.7 Å². The average Bonchev–Trinajstić information content (AvgIpc) is 3.25. The predicted molar refractivity (Wildman–Crippen MR) is 139 cm³/mol. The summed E-state index contributed by atoms with van der Waals surface area (Å²) >= 11 is 12.4. The molecule has 2 aliphatic rings. The number of carbonyl (C=O) groups is 1. The molecule has 0 radical (unpaired) electrons. The number of nitrogens with zero attached hydrogens (tertiary/aromatic N) is 3. The zero-order valence-electron chi connectivity index (χ0n) is 21.4. The third-order valence-electron chi connectivity index (χ3n) is 7.20. The summed E-state index contributed by atoms with van der Waals surface area (Å²) < 4.78 is 59.0. The lowest BCUT2D eigenvalue weighted by Crippen LogP contribution is -2.49. The average molecular weight is 576 g/mol. The molecule has 0 spiro atoms. The van der Waals surface area contributed by atoms with Crippen molar-refractivity contribution >= 4 is 29.1 Å². The first-order valence-corrected chi connectivity index (χ1v) is 13.2. The minimum atomic E-state index is -4.75. The second-order valence-corrected chi connectivity index (χ2v) is 11.1. The number of alkyl halides is 3. The maximum absolute atomic E-state index is 14.2. The first-order chi connectivity index (χ1) is 17.8. The van der Waals surface area contributed by atoms with E-state index in [1.165, 1.54) is 6.07 Å². The van der Waals surface area contributed by atoms with Gasteiger partial charge in [0.15, 0.2) is 0 Å². The molecule has 2 aromatic rings. The summed E-state index contributed by atoms with van der Waals surface area (Å²) in [7, 11) is 1.82. The molecule has 0 aliphatic carbocycles. The van der Waals surface area contributed by atoms with E-state index in [0.717, 1.165) is 17.7 Å². The molecule has 0 bridgehead atoms. The molecule has 2 aromatic carbocycles. The molecule has 4 rings (SSSR count). The lowest BCUT2D eigenvalue weighted by atomic mass is 9.93. The van der Waals surface area contributed by atoms with E-state index in [-0.39, 0.29) is 43.2 Å². The van der Waals surface area contributed by atoms with Crippen LogP contribution in [0.25, 0.3) is 0 Å². The Balaban J connectivity index is 1.53. The van der Waals surface area contributed by atoms with Crippen LogP contribution in [0.4, 0.5) is 17.6 Å². The normalized spacial score (nSPS) is 24.8. The SMILES string of the molecule is CC1CN(CC(=O)N2C[C@H](c3ccc(Cl)c(Cl)c3)[C@@H](N(C)Cc3ccc(C(F)(F)F)c(F)c3)C2)CC(C)O1. The molecule has 2 unspecified atom stereocenters. The summed E-state index contributed by atoms with van der Waals surface area (Å²) in [4.78, 5) is 19.2. The van der Waals surface area contributed by atoms with Crippen LogP contribution in [0.5, 0.6) is 0 Å². The summed E-state index contributed by atoms with van der Waals surface area (Å²) in [5, 5.41) is 0.818. The van der Waals surface area contributed by atoms with Crippen molar-refractivity contribution in [1.29, 1.82) is 0 Å². The van der Waals surface area contributed by atoms with Gasteiger partial charge in [0.2, 0.25) is 5.91 Å². The molecule has 2 heterocycles. The van der Waals surface area contributed by atoms with Gasteiger partial charge in [0.05, 0.1) is 34.4 Å². The summed E-state index contributed by atoms with van der Waals surface area (Å²) in [5.41, 5.74) is 0.0210. The van der Waals surface area contributed by atoms with E-state index in [0.29, 0.717) is 41.8 Å².